The van der Waals surface area contributed by atoms with Gasteiger partial charge in [-0.15, -0.1) is 0 Å². The van der Waals surface area contributed by atoms with Crippen molar-refractivity contribution in [2.75, 3.05) is 5.32 Å². The first kappa shape index (κ1) is 8.54. The molecule has 0 radical (unpaired) electrons. The van der Waals surface area contributed by atoms with E-state index in [-0.39, 0.29) is 0 Å². The zero-order valence-corrected chi connectivity index (χ0v) is 8.75. The molecule has 3 rings (SSSR count). The summed E-state index contributed by atoms with van der Waals surface area (Å²) < 4.78 is 0. The van der Waals surface area contributed by atoms with Crippen LogP contribution in [0.4, 0.5) is 5.69 Å². The molecule has 0 saturated carbocycles. The van der Waals surface area contributed by atoms with E-state index in [4.69, 9.17) is 0 Å². The molecule has 1 nitrogen and oxygen atoms in total. The fraction of sp³-hybridized carbons (Fsp3) is 0.143. The van der Waals surface area contributed by atoms with Gasteiger partial charge in [0, 0.05) is 16.9 Å². The monoisotopic (exact) mass is 195 g/mol. The minimum absolute atomic E-state index is 1.04. The molecule has 15 heavy (non-hydrogen) atoms. The maximum atomic E-state index is 3.48. The lowest BCUT2D eigenvalue weighted by atomic mass is 9.90. The summed E-state index contributed by atoms with van der Waals surface area (Å²) in [6.07, 6.45) is 7.52. The average molecular weight is 195 g/mol. The van der Waals surface area contributed by atoms with E-state index in [1.165, 1.54) is 28.1 Å². The number of anilines is 1. The van der Waals surface area contributed by atoms with E-state index in [2.05, 4.69) is 54.7 Å². The van der Waals surface area contributed by atoms with E-state index in [0.717, 1.165) is 6.42 Å². The molecule has 0 atom stereocenters. The Hall–Kier alpha value is -1.76. The van der Waals surface area contributed by atoms with Crippen molar-refractivity contribution in [2.24, 2.45) is 0 Å². The maximum Gasteiger partial charge on any atom is 0.0460 e. The predicted molar refractivity (Wildman–Crippen MR) is 64.5 cm³/mol. The minimum atomic E-state index is 1.04. The molecule has 2 aliphatic rings. The van der Waals surface area contributed by atoms with Crippen LogP contribution in [0.2, 0.25) is 0 Å². The van der Waals surface area contributed by atoms with Crippen molar-refractivity contribution in [3.05, 3.63) is 59.3 Å². The summed E-state index contributed by atoms with van der Waals surface area (Å²) in [7, 11) is 0. The Morgan fingerprint density at radius 3 is 3.00 bits per heavy atom. The van der Waals surface area contributed by atoms with E-state index in [1.54, 1.807) is 0 Å². The standard InChI is InChI=1S/C14H13N/c1-10-11-6-2-4-8-13(11)15-14-9-5-3-7-12(10)14/h2-6,8-9,15H,7H2,1H3. The number of benzene rings is 1. The van der Waals surface area contributed by atoms with Crippen molar-refractivity contribution in [1.29, 1.82) is 0 Å². The van der Waals surface area contributed by atoms with Gasteiger partial charge in [0.25, 0.3) is 0 Å². The second kappa shape index (κ2) is 3.13. The molecular formula is C14H13N. The topological polar surface area (TPSA) is 12.0 Å². The minimum Gasteiger partial charge on any atom is -0.355 e. The maximum absolute atomic E-state index is 3.48. The van der Waals surface area contributed by atoms with Gasteiger partial charge in [-0.2, -0.15) is 0 Å². The lowest BCUT2D eigenvalue weighted by Crippen LogP contribution is -2.12. The molecule has 1 N–H and O–H groups in total. The molecule has 0 aromatic heterocycles. The molecule has 1 aromatic carbocycles. The van der Waals surface area contributed by atoms with Crippen LogP contribution in [-0.4, -0.2) is 0 Å². The Labute approximate surface area is 89.8 Å². The van der Waals surface area contributed by atoms with Crippen LogP contribution in [0.3, 0.4) is 0 Å². The second-order valence-electron chi connectivity index (χ2n) is 3.99. The van der Waals surface area contributed by atoms with Crippen molar-refractivity contribution in [3.63, 3.8) is 0 Å². The summed E-state index contributed by atoms with van der Waals surface area (Å²) in [5.74, 6) is 0. The van der Waals surface area contributed by atoms with Crippen LogP contribution in [0.5, 0.6) is 0 Å². The molecule has 0 saturated heterocycles. The Bertz CT molecular complexity index is 504. The molecule has 0 unspecified atom stereocenters. The molecule has 0 bridgehead atoms. The van der Waals surface area contributed by atoms with Gasteiger partial charge in [-0.05, 0) is 36.6 Å². The van der Waals surface area contributed by atoms with Crippen LogP contribution in [0.1, 0.15) is 18.9 Å². The molecule has 1 aliphatic carbocycles. The lowest BCUT2D eigenvalue weighted by Gasteiger charge is -2.26. The summed E-state index contributed by atoms with van der Waals surface area (Å²) in [6.45, 7) is 2.21. The number of nitrogens with one attached hydrogen (secondary N) is 1. The zero-order valence-electron chi connectivity index (χ0n) is 8.75. The summed E-state index contributed by atoms with van der Waals surface area (Å²) in [4.78, 5) is 0. The molecular weight excluding hydrogens is 182 g/mol. The summed E-state index contributed by atoms with van der Waals surface area (Å²) in [5.41, 5.74) is 6.64. The van der Waals surface area contributed by atoms with Gasteiger partial charge in [0.05, 0.1) is 0 Å². The smallest absolute Gasteiger partial charge is 0.0460 e. The predicted octanol–water partition coefficient (Wildman–Crippen LogP) is 3.73. The first-order chi connectivity index (χ1) is 7.36. The highest BCUT2D eigenvalue weighted by Crippen LogP contribution is 2.37. The molecule has 1 aromatic rings. The van der Waals surface area contributed by atoms with Crippen molar-refractivity contribution in [3.8, 4) is 0 Å². The van der Waals surface area contributed by atoms with Crippen LogP contribution in [0, 0.1) is 0 Å². The van der Waals surface area contributed by atoms with E-state index in [0.29, 0.717) is 0 Å². The number of para-hydroxylation sites is 1. The lowest BCUT2D eigenvalue weighted by molar-refractivity contribution is 1.16. The number of allylic oxidation sites excluding steroid dienone is 5. The van der Waals surface area contributed by atoms with Crippen LogP contribution < -0.4 is 5.32 Å². The third-order valence-electron chi connectivity index (χ3n) is 3.10. The van der Waals surface area contributed by atoms with E-state index >= 15 is 0 Å². The Morgan fingerprint density at radius 2 is 2.07 bits per heavy atom. The van der Waals surface area contributed by atoms with Gasteiger partial charge in [0.15, 0.2) is 0 Å². The number of hydrogen-bond donors (Lipinski definition) is 1. The van der Waals surface area contributed by atoms with Gasteiger partial charge in [0.1, 0.15) is 0 Å². The van der Waals surface area contributed by atoms with Gasteiger partial charge in [0.2, 0.25) is 0 Å². The van der Waals surface area contributed by atoms with Crippen LogP contribution in [0.25, 0.3) is 5.57 Å². The van der Waals surface area contributed by atoms with Gasteiger partial charge in [-0.25, -0.2) is 0 Å². The highest BCUT2D eigenvalue weighted by molar-refractivity contribution is 5.85. The van der Waals surface area contributed by atoms with Crippen LogP contribution >= 0.6 is 0 Å². The first-order valence-electron chi connectivity index (χ1n) is 5.29. The molecule has 0 spiro atoms. The van der Waals surface area contributed by atoms with Crippen LogP contribution in [-0.2, 0) is 0 Å². The Morgan fingerprint density at radius 1 is 1.20 bits per heavy atom. The Kier molecular flexibility index (Phi) is 1.78. The van der Waals surface area contributed by atoms with Crippen molar-refractivity contribution in [2.45, 2.75) is 13.3 Å². The quantitative estimate of drug-likeness (QED) is 0.665. The highest BCUT2D eigenvalue weighted by Gasteiger charge is 2.18. The van der Waals surface area contributed by atoms with E-state index in [1.807, 2.05) is 0 Å². The summed E-state index contributed by atoms with van der Waals surface area (Å²) in [5, 5.41) is 3.48. The van der Waals surface area contributed by atoms with Gasteiger partial charge < -0.3 is 5.32 Å². The molecule has 0 fully saturated rings. The van der Waals surface area contributed by atoms with Gasteiger partial charge in [-0.3, -0.25) is 0 Å². The third kappa shape index (κ3) is 1.23. The van der Waals surface area contributed by atoms with Crippen molar-refractivity contribution >= 4 is 11.3 Å². The molecule has 0 amide bonds. The normalized spacial score (nSPS) is 17.8. The zero-order chi connectivity index (χ0) is 10.3. The number of hydrogen-bond acceptors (Lipinski definition) is 1. The van der Waals surface area contributed by atoms with Gasteiger partial charge in [-0.1, -0.05) is 30.4 Å². The Balaban J connectivity index is 2.23. The highest BCUT2D eigenvalue weighted by atomic mass is 14.9. The molecule has 1 heteroatoms. The number of rotatable bonds is 0. The summed E-state index contributed by atoms with van der Waals surface area (Å²) >= 11 is 0. The fourth-order valence-electron chi connectivity index (χ4n) is 2.26. The average Bonchev–Trinajstić information content (AvgIpc) is 2.30. The van der Waals surface area contributed by atoms with Crippen molar-refractivity contribution in [1.82, 2.24) is 0 Å². The second-order valence-corrected chi connectivity index (χ2v) is 3.99. The molecule has 1 heterocycles. The van der Waals surface area contributed by atoms with E-state index < -0.39 is 0 Å². The molecule has 1 aliphatic heterocycles. The van der Waals surface area contributed by atoms with Crippen LogP contribution in [0.15, 0.2) is 53.8 Å². The molecule has 74 valence electrons. The summed E-state index contributed by atoms with van der Waals surface area (Å²) in [6, 6.07) is 8.48. The van der Waals surface area contributed by atoms with Crippen molar-refractivity contribution < 1.29 is 0 Å². The SMILES string of the molecule is CC1=C2CC=CC=C2Nc2ccccc21. The number of fused-ring (bicyclic) bond motifs is 2. The first-order valence-corrected chi connectivity index (χ1v) is 5.29. The third-order valence-corrected chi connectivity index (χ3v) is 3.10. The van der Waals surface area contributed by atoms with Gasteiger partial charge >= 0.3 is 0 Å². The largest absolute Gasteiger partial charge is 0.355 e. The fourth-order valence-corrected chi connectivity index (χ4v) is 2.26. The van der Waals surface area contributed by atoms with E-state index in [9.17, 15) is 0 Å².